The quantitative estimate of drug-likeness (QED) is 0.760. The first kappa shape index (κ1) is 16.1. The highest BCUT2D eigenvalue weighted by Crippen LogP contribution is 2.35. The van der Waals surface area contributed by atoms with Crippen LogP contribution in [0.1, 0.15) is 47.8 Å². The smallest absolute Gasteiger partial charge is 0.274 e. The molecule has 1 saturated carbocycles. The second-order valence-corrected chi connectivity index (χ2v) is 6.48. The molecule has 1 aliphatic carbocycles. The molecule has 2 aromatic heterocycles. The Morgan fingerprint density at radius 3 is 2.85 bits per heavy atom. The van der Waals surface area contributed by atoms with Gasteiger partial charge in [-0.05, 0) is 31.0 Å². The Kier molecular flexibility index (Phi) is 4.01. The van der Waals surface area contributed by atoms with Gasteiger partial charge in [-0.3, -0.25) is 9.59 Å². The van der Waals surface area contributed by atoms with E-state index in [4.69, 9.17) is 0 Å². The molecule has 0 unspecified atom stereocenters. The highest BCUT2D eigenvalue weighted by Gasteiger charge is 2.20. The number of carbonyl (C=O) groups is 1. The number of benzene rings is 1. The summed E-state index contributed by atoms with van der Waals surface area (Å²) in [5, 5.41) is 13.0. The lowest BCUT2D eigenvalue weighted by Crippen LogP contribution is -2.17. The van der Waals surface area contributed by atoms with Crippen LogP contribution < -0.4 is 10.9 Å². The number of amides is 1. The van der Waals surface area contributed by atoms with Crippen LogP contribution in [0.25, 0.3) is 10.9 Å². The third-order valence-corrected chi connectivity index (χ3v) is 4.84. The number of carbonyl (C=O) groups excluding carboxylic acids is 1. The fourth-order valence-electron chi connectivity index (χ4n) is 3.59. The van der Waals surface area contributed by atoms with Crippen LogP contribution in [0.2, 0.25) is 0 Å². The van der Waals surface area contributed by atoms with Gasteiger partial charge in [0, 0.05) is 34.9 Å². The molecule has 1 amide bonds. The van der Waals surface area contributed by atoms with E-state index in [2.05, 4.69) is 25.9 Å². The minimum atomic E-state index is -0.468. The van der Waals surface area contributed by atoms with Crippen molar-refractivity contribution in [2.45, 2.75) is 31.7 Å². The van der Waals surface area contributed by atoms with Gasteiger partial charge in [0.25, 0.3) is 11.5 Å². The molecule has 2 N–H and O–H groups in total. The molecular weight excluding hydrogens is 330 g/mol. The predicted molar refractivity (Wildman–Crippen MR) is 97.0 cm³/mol. The summed E-state index contributed by atoms with van der Waals surface area (Å²) in [6, 6.07) is 9.34. The monoisotopic (exact) mass is 347 g/mol. The first-order valence-corrected chi connectivity index (χ1v) is 8.56. The summed E-state index contributed by atoms with van der Waals surface area (Å²) in [5.41, 5.74) is 1.81. The number of hydrogen-bond donors (Lipinski definition) is 2. The van der Waals surface area contributed by atoms with E-state index in [1.807, 2.05) is 12.3 Å². The molecular formula is C19H17N5O2. The maximum absolute atomic E-state index is 12.3. The normalized spacial score (nSPS) is 14.4. The van der Waals surface area contributed by atoms with Crippen molar-refractivity contribution < 1.29 is 4.79 Å². The second kappa shape index (κ2) is 6.48. The summed E-state index contributed by atoms with van der Waals surface area (Å²) in [4.78, 5) is 29.8. The maximum Gasteiger partial charge on any atom is 0.274 e. The van der Waals surface area contributed by atoms with Gasteiger partial charge in [-0.25, -0.2) is 4.98 Å². The molecule has 1 aliphatic rings. The fourth-order valence-corrected chi connectivity index (χ4v) is 3.59. The van der Waals surface area contributed by atoms with Crippen molar-refractivity contribution in [1.29, 1.82) is 5.26 Å². The molecule has 0 aliphatic heterocycles. The topological polar surface area (TPSA) is 104 Å². The molecule has 1 fully saturated rings. The molecule has 7 heteroatoms. The molecule has 130 valence electrons. The van der Waals surface area contributed by atoms with Gasteiger partial charge in [0.15, 0.2) is 0 Å². The molecule has 0 atom stereocenters. The predicted octanol–water partition coefficient (Wildman–Crippen LogP) is 2.96. The largest absolute Gasteiger partial charge is 0.343 e. The number of nitrogens with one attached hydrogen (secondary N) is 2. The SMILES string of the molecule is N#Cc1cn(C2CCCC2)c2ccc(NC(=O)c3cc(=O)[nH]cn3)cc12. The lowest BCUT2D eigenvalue weighted by molar-refractivity contribution is 0.102. The summed E-state index contributed by atoms with van der Waals surface area (Å²) in [5.74, 6) is -0.468. The van der Waals surface area contributed by atoms with Crippen LogP contribution >= 0.6 is 0 Å². The van der Waals surface area contributed by atoms with Crippen molar-refractivity contribution >= 4 is 22.5 Å². The van der Waals surface area contributed by atoms with E-state index in [0.29, 0.717) is 17.3 Å². The molecule has 4 rings (SSSR count). The van der Waals surface area contributed by atoms with E-state index in [-0.39, 0.29) is 11.3 Å². The first-order chi connectivity index (χ1) is 12.7. The zero-order valence-electron chi connectivity index (χ0n) is 14.0. The third-order valence-electron chi connectivity index (χ3n) is 4.84. The number of fused-ring (bicyclic) bond motifs is 1. The molecule has 1 aromatic carbocycles. The van der Waals surface area contributed by atoms with Gasteiger partial charge in [-0.15, -0.1) is 0 Å². The van der Waals surface area contributed by atoms with Crippen molar-refractivity contribution in [3.8, 4) is 6.07 Å². The molecule has 0 radical (unpaired) electrons. The zero-order valence-corrected chi connectivity index (χ0v) is 14.0. The summed E-state index contributed by atoms with van der Waals surface area (Å²) < 4.78 is 2.19. The number of rotatable bonds is 3. The van der Waals surface area contributed by atoms with Crippen molar-refractivity contribution in [3.05, 3.63) is 58.4 Å². The Labute approximate surface area is 149 Å². The van der Waals surface area contributed by atoms with Gasteiger partial charge in [0.1, 0.15) is 11.8 Å². The summed E-state index contributed by atoms with van der Waals surface area (Å²) in [6.45, 7) is 0. The third kappa shape index (κ3) is 2.86. The van der Waals surface area contributed by atoms with Crippen molar-refractivity contribution in [1.82, 2.24) is 14.5 Å². The fraction of sp³-hybridized carbons (Fsp3) is 0.263. The molecule has 0 bridgehead atoms. The molecule has 3 aromatic rings. The van der Waals surface area contributed by atoms with E-state index in [9.17, 15) is 14.9 Å². The minimum Gasteiger partial charge on any atom is -0.343 e. The number of anilines is 1. The van der Waals surface area contributed by atoms with E-state index < -0.39 is 5.91 Å². The number of H-pyrrole nitrogens is 1. The highest BCUT2D eigenvalue weighted by molar-refractivity contribution is 6.04. The number of aromatic nitrogens is 3. The first-order valence-electron chi connectivity index (χ1n) is 8.56. The highest BCUT2D eigenvalue weighted by atomic mass is 16.2. The van der Waals surface area contributed by atoms with Gasteiger partial charge >= 0.3 is 0 Å². The average molecular weight is 347 g/mol. The Bertz CT molecular complexity index is 1080. The maximum atomic E-state index is 12.3. The number of nitriles is 1. The molecule has 2 heterocycles. The van der Waals surface area contributed by atoms with Gasteiger partial charge in [-0.2, -0.15) is 5.26 Å². The van der Waals surface area contributed by atoms with Crippen LogP contribution in [0.5, 0.6) is 0 Å². The van der Waals surface area contributed by atoms with Crippen molar-refractivity contribution in [2.24, 2.45) is 0 Å². The minimum absolute atomic E-state index is 0.0397. The van der Waals surface area contributed by atoms with Crippen LogP contribution in [0.4, 0.5) is 5.69 Å². The van der Waals surface area contributed by atoms with Crippen LogP contribution in [-0.2, 0) is 0 Å². The molecule has 0 spiro atoms. The van der Waals surface area contributed by atoms with E-state index in [0.717, 1.165) is 29.8 Å². The molecule has 26 heavy (non-hydrogen) atoms. The van der Waals surface area contributed by atoms with E-state index in [1.54, 1.807) is 12.1 Å². The van der Waals surface area contributed by atoms with Crippen molar-refractivity contribution in [3.63, 3.8) is 0 Å². The average Bonchev–Trinajstić information content (AvgIpc) is 3.28. The van der Waals surface area contributed by atoms with E-state index >= 15 is 0 Å². The Morgan fingerprint density at radius 1 is 1.31 bits per heavy atom. The standard InChI is InChI=1S/C19H17N5O2/c20-9-12-10-24(14-3-1-2-4-14)17-6-5-13(7-15(12)17)23-19(26)16-8-18(25)22-11-21-16/h5-8,10-11,14H,1-4H2,(H,23,26)(H,21,22,25). The van der Waals surface area contributed by atoms with Gasteiger partial charge in [-0.1, -0.05) is 12.8 Å². The number of hydrogen-bond acceptors (Lipinski definition) is 4. The van der Waals surface area contributed by atoms with Gasteiger partial charge < -0.3 is 14.9 Å². The number of aromatic amines is 1. The number of nitrogens with zero attached hydrogens (tertiary/aromatic N) is 3. The van der Waals surface area contributed by atoms with Crippen LogP contribution in [0.3, 0.4) is 0 Å². The van der Waals surface area contributed by atoms with Crippen LogP contribution in [-0.4, -0.2) is 20.4 Å². The lowest BCUT2D eigenvalue weighted by atomic mass is 10.1. The summed E-state index contributed by atoms with van der Waals surface area (Å²) in [7, 11) is 0. The van der Waals surface area contributed by atoms with Crippen molar-refractivity contribution in [2.75, 3.05) is 5.32 Å². The summed E-state index contributed by atoms with van der Waals surface area (Å²) >= 11 is 0. The van der Waals surface area contributed by atoms with Gasteiger partial charge in [0.2, 0.25) is 0 Å². The van der Waals surface area contributed by atoms with Crippen LogP contribution in [0, 0.1) is 11.3 Å². The molecule has 7 nitrogen and oxygen atoms in total. The lowest BCUT2D eigenvalue weighted by Gasteiger charge is -2.13. The van der Waals surface area contributed by atoms with Gasteiger partial charge in [0.05, 0.1) is 11.9 Å². The zero-order chi connectivity index (χ0) is 18.1. The summed E-state index contributed by atoms with van der Waals surface area (Å²) in [6.07, 6.45) is 7.77. The Hall–Kier alpha value is -3.40. The Balaban J connectivity index is 1.68. The molecule has 0 saturated heterocycles. The Morgan fingerprint density at radius 2 is 2.12 bits per heavy atom. The second-order valence-electron chi connectivity index (χ2n) is 6.48. The van der Waals surface area contributed by atoms with Crippen LogP contribution in [0.15, 0.2) is 41.6 Å². The van der Waals surface area contributed by atoms with E-state index in [1.165, 1.54) is 19.2 Å².